The normalized spacial score (nSPS) is 17.4. The van der Waals surface area contributed by atoms with Gasteiger partial charge in [0.1, 0.15) is 5.82 Å². The molecule has 0 saturated heterocycles. The summed E-state index contributed by atoms with van der Waals surface area (Å²) in [6.45, 7) is 0. The molecule has 0 spiro atoms. The van der Waals surface area contributed by atoms with E-state index >= 15 is 0 Å². The van der Waals surface area contributed by atoms with Gasteiger partial charge >= 0.3 is 0 Å². The number of hydrogen-bond donors (Lipinski definition) is 1. The second kappa shape index (κ2) is 4.73. The molecule has 3 heteroatoms. The van der Waals surface area contributed by atoms with Crippen molar-refractivity contribution in [3.05, 3.63) is 24.0 Å². The molecule has 1 aliphatic carbocycles. The Hall–Kier alpha value is -1.25. The lowest BCUT2D eigenvalue weighted by atomic mass is 9.94. The summed E-state index contributed by atoms with van der Waals surface area (Å²) in [7, 11) is 2.02. The maximum Gasteiger partial charge on any atom is 0.148 e. The fourth-order valence-corrected chi connectivity index (χ4v) is 2.50. The van der Waals surface area contributed by atoms with Crippen molar-refractivity contribution in [1.82, 2.24) is 0 Å². The Morgan fingerprint density at radius 3 is 2.62 bits per heavy atom. The number of nitrogens with two attached hydrogens (primary N) is 1. The summed E-state index contributed by atoms with van der Waals surface area (Å²) in [5, 5.41) is 0. The zero-order valence-corrected chi connectivity index (χ0v) is 9.75. The van der Waals surface area contributed by atoms with Crippen molar-refractivity contribution in [2.45, 2.75) is 38.1 Å². The number of para-hydroxylation sites is 1. The van der Waals surface area contributed by atoms with Crippen LogP contribution in [0.2, 0.25) is 0 Å². The van der Waals surface area contributed by atoms with Gasteiger partial charge in [-0.1, -0.05) is 25.3 Å². The van der Waals surface area contributed by atoms with Crippen LogP contribution in [0.15, 0.2) is 18.2 Å². The lowest BCUT2D eigenvalue weighted by molar-refractivity contribution is 0.427. The summed E-state index contributed by atoms with van der Waals surface area (Å²) in [4.78, 5) is 2.14. The summed E-state index contributed by atoms with van der Waals surface area (Å²) < 4.78 is 13.4. The summed E-state index contributed by atoms with van der Waals surface area (Å²) in [6, 6.07) is 5.54. The molecule has 88 valence electrons. The predicted molar refractivity (Wildman–Crippen MR) is 66.1 cm³/mol. The van der Waals surface area contributed by atoms with Crippen LogP contribution in [0.3, 0.4) is 0 Å². The first kappa shape index (κ1) is 11.2. The Labute approximate surface area is 96.2 Å². The van der Waals surface area contributed by atoms with Crippen LogP contribution in [0.4, 0.5) is 15.8 Å². The number of rotatable bonds is 2. The number of hydrogen-bond acceptors (Lipinski definition) is 2. The third kappa shape index (κ3) is 2.13. The molecule has 0 atom stereocenters. The molecule has 0 radical (unpaired) electrons. The minimum Gasteiger partial charge on any atom is -0.395 e. The molecular formula is C13H19FN2. The number of nitrogens with zero attached hydrogens (tertiary/aromatic N) is 1. The third-order valence-corrected chi connectivity index (χ3v) is 3.53. The Morgan fingerprint density at radius 2 is 1.94 bits per heavy atom. The number of benzene rings is 1. The van der Waals surface area contributed by atoms with Crippen LogP contribution in [-0.4, -0.2) is 13.1 Å². The largest absolute Gasteiger partial charge is 0.395 e. The Morgan fingerprint density at radius 1 is 1.25 bits per heavy atom. The molecule has 2 rings (SSSR count). The van der Waals surface area contributed by atoms with E-state index in [1.54, 1.807) is 6.07 Å². The molecule has 0 bridgehead atoms. The fraction of sp³-hybridized carbons (Fsp3) is 0.538. The van der Waals surface area contributed by atoms with Gasteiger partial charge in [-0.05, 0) is 25.0 Å². The van der Waals surface area contributed by atoms with E-state index in [4.69, 9.17) is 5.73 Å². The van der Waals surface area contributed by atoms with Gasteiger partial charge in [-0.2, -0.15) is 0 Å². The first-order valence-electron chi connectivity index (χ1n) is 5.97. The van der Waals surface area contributed by atoms with Crippen molar-refractivity contribution in [3.63, 3.8) is 0 Å². The third-order valence-electron chi connectivity index (χ3n) is 3.53. The van der Waals surface area contributed by atoms with Gasteiger partial charge in [0.25, 0.3) is 0 Å². The highest BCUT2D eigenvalue weighted by Gasteiger charge is 2.20. The van der Waals surface area contributed by atoms with Crippen LogP contribution in [0.25, 0.3) is 0 Å². The topological polar surface area (TPSA) is 29.3 Å². The first-order valence-corrected chi connectivity index (χ1v) is 5.97. The van der Waals surface area contributed by atoms with Crippen molar-refractivity contribution in [2.75, 3.05) is 17.7 Å². The van der Waals surface area contributed by atoms with Crippen LogP contribution in [0, 0.1) is 5.82 Å². The number of nitrogen functional groups attached to an aromatic ring is 1. The van der Waals surface area contributed by atoms with E-state index in [1.807, 2.05) is 13.1 Å². The van der Waals surface area contributed by atoms with Crippen molar-refractivity contribution in [1.29, 1.82) is 0 Å². The molecule has 1 aromatic carbocycles. The van der Waals surface area contributed by atoms with Crippen molar-refractivity contribution in [3.8, 4) is 0 Å². The van der Waals surface area contributed by atoms with Crippen LogP contribution >= 0.6 is 0 Å². The summed E-state index contributed by atoms with van der Waals surface area (Å²) >= 11 is 0. The van der Waals surface area contributed by atoms with E-state index in [9.17, 15) is 4.39 Å². The molecule has 1 fully saturated rings. The molecular weight excluding hydrogens is 203 g/mol. The summed E-state index contributed by atoms with van der Waals surface area (Å²) in [5.74, 6) is -0.319. The lowest BCUT2D eigenvalue weighted by Crippen LogP contribution is -2.33. The van der Waals surface area contributed by atoms with Crippen molar-refractivity contribution in [2.24, 2.45) is 0 Å². The second-order valence-corrected chi connectivity index (χ2v) is 4.58. The standard InChI is InChI=1S/C13H19FN2/c1-16(10-6-3-2-4-7-10)12-9-5-8-11(14)13(12)15/h5,8-10H,2-4,6-7,15H2,1H3. The molecule has 0 aromatic heterocycles. The van der Waals surface area contributed by atoms with E-state index in [1.165, 1.54) is 38.2 Å². The first-order chi connectivity index (χ1) is 7.70. The highest BCUT2D eigenvalue weighted by Crippen LogP contribution is 2.30. The molecule has 0 unspecified atom stereocenters. The van der Waals surface area contributed by atoms with E-state index in [-0.39, 0.29) is 11.5 Å². The predicted octanol–water partition coefficient (Wildman–Crippen LogP) is 3.18. The van der Waals surface area contributed by atoms with Crippen LogP contribution in [-0.2, 0) is 0 Å². The second-order valence-electron chi connectivity index (χ2n) is 4.58. The molecule has 0 amide bonds. The Bertz CT molecular complexity index is 359. The maximum absolute atomic E-state index is 13.4. The quantitative estimate of drug-likeness (QED) is 0.779. The highest BCUT2D eigenvalue weighted by molar-refractivity contribution is 5.68. The average molecular weight is 222 g/mol. The molecule has 0 aliphatic heterocycles. The van der Waals surface area contributed by atoms with Crippen molar-refractivity contribution >= 4 is 11.4 Å². The van der Waals surface area contributed by atoms with E-state index in [2.05, 4.69) is 4.90 Å². The monoisotopic (exact) mass is 222 g/mol. The SMILES string of the molecule is CN(c1cccc(F)c1N)C1CCCCC1. The molecule has 0 heterocycles. The highest BCUT2D eigenvalue weighted by atomic mass is 19.1. The Kier molecular flexibility index (Phi) is 3.32. The fourth-order valence-electron chi connectivity index (χ4n) is 2.50. The Balaban J connectivity index is 2.19. The molecule has 1 saturated carbocycles. The number of halogens is 1. The van der Waals surface area contributed by atoms with Gasteiger partial charge in [0.15, 0.2) is 0 Å². The van der Waals surface area contributed by atoms with Crippen molar-refractivity contribution < 1.29 is 4.39 Å². The summed E-state index contributed by atoms with van der Waals surface area (Å²) in [6.07, 6.45) is 6.23. The zero-order valence-electron chi connectivity index (χ0n) is 9.75. The van der Waals surface area contributed by atoms with Gasteiger partial charge in [0.2, 0.25) is 0 Å². The van der Waals surface area contributed by atoms with Crippen LogP contribution < -0.4 is 10.6 Å². The lowest BCUT2D eigenvalue weighted by Gasteiger charge is -2.33. The molecule has 2 nitrogen and oxygen atoms in total. The van der Waals surface area contributed by atoms with Gasteiger partial charge in [0.05, 0.1) is 11.4 Å². The molecule has 16 heavy (non-hydrogen) atoms. The minimum absolute atomic E-state index is 0.274. The van der Waals surface area contributed by atoms with Crippen LogP contribution in [0.1, 0.15) is 32.1 Å². The molecule has 1 aromatic rings. The van der Waals surface area contributed by atoms with Gasteiger partial charge < -0.3 is 10.6 Å². The van der Waals surface area contributed by atoms with E-state index < -0.39 is 0 Å². The van der Waals surface area contributed by atoms with Gasteiger partial charge in [-0.15, -0.1) is 0 Å². The van der Waals surface area contributed by atoms with E-state index in [0.29, 0.717) is 6.04 Å². The molecule has 2 N–H and O–H groups in total. The van der Waals surface area contributed by atoms with Crippen LogP contribution in [0.5, 0.6) is 0 Å². The minimum atomic E-state index is -0.319. The van der Waals surface area contributed by atoms with E-state index in [0.717, 1.165) is 5.69 Å². The summed E-state index contributed by atoms with van der Waals surface area (Å²) in [5.41, 5.74) is 6.87. The van der Waals surface area contributed by atoms with Gasteiger partial charge in [-0.25, -0.2) is 4.39 Å². The number of anilines is 2. The van der Waals surface area contributed by atoms with Gasteiger partial charge in [-0.3, -0.25) is 0 Å². The average Bonchev–Trinajstić information content (AvgIpc) is 2.33. The maximum atomic E-state index is 13.4. The zero-order chi connectivity index (χ0) is 11.5. The smallest absolute Gasteiger partial charge is 0.148 e. The van der Waals surface area contributed by atoms with Gasteiger partial charge in [0, 0.05) is 13.1 Å². The molecule has 1 aliphatic rings.